The lowest BCUT2D eigenvalue weighted by molar-refractivity contribution is -0.119. The average molecular weight is 365 g/mol. The maximum absolute atomic E-state index is 11.7. The molecule has 5 nitrogen and oxygen atoms in total. The van der Waals surface area contributed by atoms with Crippen molar-refractivity contribution in [2.75, 3.05) is 17.7 Å². The molecule has 1 aromatic heterocycles. The van der Waals surface area contributed by atoms with E-state index in [0.717, 1.165) is 5.82 Å². The molecule has 0 aliphatic heterocycles. The van der Waals surface area contributed by atoms with Crippen molar-refractivity contribution < 1.29 is 4.79 Å². The largest absolute Gasteiger partial charge is 0.355 e. The summed E-state index contributed by atoms with van der Waals surface area (Å²) in [5.74, 6) is 0.948. The zero-order chi connectivity index (χ0) is 17.5. The highest BCUT2D eigenvalue weighted by Crippen LogP contribution is 2.22. The van der Waals surface area contributed by atoms with E-state index in [9.17, 15) is 4.79 Å². The van der Waals surface area contributed by atoms with Crippen LogP contribution in [-0.2, 0) is 11.3 Å². The van der Waals surface area contributed by atoms with Crippen LogP contribution in [0.4, 0.5) is 5.82 Å². The predicted octanol–water partition coefficient (Wildman–Crippen LogP) is 3.38. The van der Waals surface area contributed by atoms with E-state index < -0.39 is 0 Å². The van der Waals surface area contributed by atoms with Gasteiger partial charge >= 0.3 is 0 Å². The lowest BCUT2D eigenvalue weighted by Gasteiger charge is -2.19. The summed E-state index contributed by atoms with van der Waals surface area (Å²) < 4.78 is 0. The normalized spacial score (nSPS) is 10.7. The highest BCUT2D eigenvalue weighted by molar-refractivity contribution is 7.99. The van der Waals surface area contributed by atoms with Gasteiger partial charge in [-0.15, -0.1) is 0 Å². The number of hydrogen-bond donors (Lipinski definition) is 1. The first-order valence-electron chi connectivity index (χ1n) is 7.66. The zero-order valence-electron chi connectivity index (χ0n) is 14.0. The van der Waals surface area contributed by atoms with Gasteiger partial charge in [0.15, 0.2) is 5.16 Å². The lowest BCUT2D eigenvalue weighted by atomic mass is 10.2. The van der Waals surface area contributed by atoms with Gasteiger partial charge in [-0.25, -0.2) is 9.97 Å². The number of halogens is 1. The molecular formula is C17H21ClN4OS. The van der Waals surface area contributed by atoms with Crippen LogP contribution in [0.1, 0.15) is 19.4 Å². The minimum absolute atomic E-state index is 0.0437. The molecule has 0 saturated heterocycles. The molecule has 0 aliphatic carbocycles. The average Bonchev–Trinajstić information content (AvgIpc) is 2.53. The molecule has 0 radical (unpaired) electrons. The second kappa shape index (κ2) is 8.89. The highest BCUT2D eigenvalue weighted by Gasteiger charge is 2.11. The Kier molecular flexibility index (Phi) is 6.87. The van der Waals surface area contributed by atoms with Gasteiger partial charge in [-0.05, 0) is 19.4 Å². The molecule has 1 heterocycles. The second-order valence-electron chi connectivity index (χ2n) is 5.68. The Morgan fingerprint density at radius 2 is 2.00 bits per heavy atom. The molecule has 0 spiro atoms. The molecule has 7 heteroatoms. The van der Waals surface area contributed by atoms with Gasteiger partial charge in [0.05, 0.1) is 5.75 Å². The van der Waals surface area contributed by atoms with Gasteiger partial charge < -0.3 is 10.2 Å². The van der Waals surface area contributed by atoms with Crippen LogP contribution in [0, 0.1) is 0 Å². The summed E-state index contributed by atoms with van der Waals surface area (Å²) in [7, 11) is 1.95. The van der Waals surface area contributed by atoms with E-state index in [1.165, 1.54) is 17.3 Å². The first-order chi connectivity index (χ1) is 11.4. The molecule has 24 heavy (non-hydrogen) atoms. The van der Waals surface area contributed by atoms with Gasteiger partial charge in [0.2, 0.25) is 5.91 Å². The number of nitrogens with one attached hydrogen (secondary N) is 1. The number of carbonyl (C=O) groups excluding carboxylic acids is 1. The van der Waals surface area contributed by atoms with Crippen molar-refractivity contribution in [3.05, 3.63) is 47.1 Å². The molecule has 0 saturated carbocycles. The Hall–Kier alpha value is -1.79. The minimum Gasteiger partial charge on any atom is -0.355 e. The quantitative estimate of drug-likeness (QED) is 0.463. The summed E-state index contributed by atoms with van der Waals surface area (Å²) in [6.07, 6.45) is 0. The molecule has 0 fully saturated rings. The van der Waals surface area contributed by atoms with E-state index in [0.29, 0.717) is 16.9 Å². The number of benzene rings is 1. The number of carbonyl (C=O) groups is 1. The van der Waals surface area contributed by atoms with Crippen LogP contribution in [0.2, 0.25) is 5.15 Å². The van der Waals surface area contributed by atoms with Crippen molar-refractivity contribution in [2.24, 2.45) is 0 Å². The van der Waals surface area contributed by atoms with E-state index in [1.807, 2.05) is 44.0 Å². The molecule has 1 amide bonds. The number of amides is 1. The van der Waals surface area contributed by atoms with Crippen LogP contribution in [0.3, 0.4) is 0 Å². The van der Waals surface area contributed by atoms with Crippen molar-refractivity contribution in [2.45, 2.75) is 31.6 Å². The Morgan fingerprint density at radius 1 is 1.29 bits per heavy atom. The summed E-state index contributed by atoms with van der Waals surface area (Å²) in [5.41, 5.74) is 1.18. The van der Waals surface area contributed by atoms with Crippen molar-refractivity contribution in [1.82, 2.24) is 15.3 Å². The van der Waals surface area contributed by atoms with Gasteiger partial charge in [0.25, 0.3) is 0 Å². The van der Waals surface area contributed by atoms with Crippen molar-refractivity contribution in [1.29, 1.82) is 0 Å². The highest BCUT2D eigenvalue weighted by atomic mass is 35.5. The summed E-state index contributed by atoms with van der Waals surface area (Å²) in [5, 5.41) is 3.70. The first-order valence-corrected chi connectivity index (χ1v) is 9.02. The molecule has 2 rings (SSSR count). The number of thioether (sulfide) groups is 1. The Balaban J connectivity index is 2.03. The number of anilines is 1. The van der Waals surface area contributed by atoms with Crippen LogP contribution < -0.4 is 10.2 Å². The SMILES string of the molecule is CC(C)NC(=O)CSc1nc(Cl)cc(N(C)Cc2ccccc2)n1. The van der Waals surface area contributed by atoms with Gasteiger partial charge in [-0.3, -0.25) is 4.79 Å². The molecule has 0 unspecified atom stereocenters. The Morgan fingerprint density at radius 3 is 2.67 bits per heavy atom. The summed E-state index contributed by atoms with van der Waals surface area (Å²) in [6.45, 7) is 4.57. The van der Waals surface area contributed by atoms with Crippen molar-refractivity contribution in [3.63, 3.8) is 0 Å². The summed E-state index contributed by atoms with van der Waals surface area (Å²) >= 11 is 7.38. The standard InChI is InChI=1S/C17H21ClN4OS/c1-12(2)19-16(23)11-24-17-20-14(18)9-15(21-17)22(3)10-13-7-5-4-6-8-13/h4-9,12H,10-11H2,1-3H3,(H,19,23). The van der Waals surface area contributed by atoms with Crippen LogP contribution in [0.15, 0.2) is 41.6 Å². The first kappa shape index (κ1) is 18.5. The van der Waals surface area contributed by atoms with E-state index in [2.05, 4.69) is 27.4 Å². The van der Waals surface area contributed by atoms with Crippen molar-refractivity contribution >= 4 is 35.1 Å². The second-order valence-corrected chi connectivity index (χ2v) is 7.01. The molecule has 2 aromatic rings. The van der Waals surface area contributed by atoms with Crippen LogP contribution in [0.5, 0.6) is 0 Å². The smallest absolute Gasteiger partial charge is 0.230 e. The fourth-order valence-corrected chi connectivity index (χ4v) is 2.97. The number of aromatic nitrogens is 2. The molecule has 128 valence electrons. The lowest BCUT2D eigenvalue weighted by Crippen LogP contribution is -2.31. The Bertz CT molecular complexity index is 682. The number of hydrogen-bond acceptors (Lipinski definition) is 5. The maximum atomic E-state index is 11.7. The van der Waals surface area contributed by atoms with Crippen LogP contribution >= 0.6 is 23.4 Å². The molecule has 0 aliphatic rings. The van der Waals surface area contributed by atoms with Gasteiger partial charge in [-0.1, -0.05) is 53.7 Å². The van der Waals surface area contributed by atoms with E-state index in [-0.39, 0.29) is 17.7 Å². The van der Waals surface area contributed by atoms with Crippen LogP contribution in [-0.4, -0.2) is 34.7 Å². The summed E-state index contributed by atoms with van der Waals surface area (Å²) in [4.78, 5) is 22.4. The third-order valence-corrected chi connectivity index (χ3v) is 4.14. The third-order valence-electron chi connectivity index (χ3n) is 3.10. The van der Waals surface area contributed by atoms with Gasteiger partial charge in [-0.2, -0.15) is 0 Å². The molecule has 0 atom stereocenters. The summed E-state index contributed by atoms with van der Waals surface area (Å²) in [6, 6.07) is 12.0. The molecule has 1 aromatic carbocycles. The zero-order valence-corrected chi connectivity index (χ0v) is 15.6. The fraction of sp³-hybridized carbons (Fsp3) is 0.353. The van der Waals surface area contributed by atoms with E-state index in [4.69, 9.17) is 11.6 Å². The van der Waals surface area contributed by atoms with E-state index in [1.54, 1.807) is 6.07 Å². The van der Waals surface area contributed by atoms with Crippen LogP contribution in [0.25, 0.3) is 0 Å². The molecule has 0 bridgehead atoms. The Labute approximate surface area is 151 Å². The fourth-order valence-electron chi connectivity index (χ4n) is 2.08. The third kappa shape index (κ3) is 6.02. The number of nitrogens with zero attached hydrogens (tertiary/aromatic N) is 3. The monoisotopic (exact) mass is 364 g/mol. The van der Waals surface area contributed by atoms with E-state index >= 15 is 0 Å². The maximum Gasteiger partial charge on any atom is 0.230 e. The molecule has 1 N–H and O–H groups in total. The predicted molar refractivity (Wildman–Crippen MR) is 99.6 cm³/mol. The van der Waals surface area contributed by atoms with Gasteiger partial charge in [0.1, 0.15) is 11.0 Å². The minimum atomic E-state index is -0.0437. The molecular weight excluding hydrogens is 344 g/mol. The van der Waals surface area contributed by atoms with Gasteiger partial charge in [0, 0.05) is 25.7 Å². The topological polar surface area (TPSA) is 58.1 Å². The number of rotatable bonds is 7. The van der Waals surface area contributed by atoms with Crippen molar-refractivity contribution in [3.8, 4) is 0 Å².